The Morgan fingerprint density at radius 1 is 1.00 bits per heavy atom. The lowest BCUT2D eigenvalue weighted by Gasteiger charge is -2.19. The van der Waals surface area contributed by atoms with Gasteiger partial charge in [-0.3, -0.25) is 0 Å². The van der Waals surface area contributed by atoms with E-state index in [9.17, 15) is 0 Å². The zero-order valence-corrected chi connectivity index (χ0v) is 13.6. The van der Waals surface area contributed by atoms with Crippen molar-refractivity contribution in [1.29, 1.82) is 0 Å². The van der Waals surface area contributed by atoms with Crippen LogP contribution in [0.1, 0.15) is 31.2 Å². The lowest BCUT2D eigenvalue weighted by atomic mass is 9.85. The largest absolute Gasteiger partial charge is 0.493 e. The number of hydrogen-bond acceptors (Lipinski definition) is 3. The molecule has 4 rings (SSSR count). The van der Waals surface area contributed by atoms with Crippen LogP contribution in [-0.4, -0.2) is 25.7 Å². The van der Waals surface area contributed by atoms with E-state index in [-0.39, 0.29) is 0 Å². The van der Waals surface area contributed by atoms with Crippen molar-refractivity contribution >= 4 is 5.69 Å². The second kappa shape index (κ2) is 6.25. The summed E-state index contributed by atoms with van der Waals surface area (Å²) < 4.78 is 5.88. The summed E-state index contributed by atoms with van der Waals surface area (Å²) in [6.45, 7) is 4.94. The van der Waals surface area contributed by atoms with Gasteiger partial charge in [-0.25, -0.2) is 0 Å². The monoisotopic (exact) mass is 308 g/mol. The molecule has 3 nitrogen and oxygen atoms in total. The summed E-state index contributed by atoms with van der Waals surface area (Å²) in [4.78, 5) is 0. The van der Waals surface area contributed by atoms with Crippen LogP contribution in [-0.2, 0) is 0 Å². The van der Waals surface area contributed by atoms with E-state index in [2.05, 4.69) is 47.0 Å². The number of fused-ring (bicyclic) bond motifs is 3. The van der Waals surface area contributed by atoms with E-state index >= 15 is 0 Å². The van der Waals surface area contributed by atoms with Gasteiger partial charge in [0.05, 0.1) is 6.61 Å². The smallest absolute Gasteiger partial charge is 0.127 e. The summed E-state index contributed by atoms with van der Waals surface area (Å²) in [5.41, 5.74) is 5.33. The van der Waals surface area contributed by atoms with Crippen molar-refractivity contribution < 1.29 is 4.74 Å². The Morgan fingerprint density at radius 3 is 2.74 bits per heavy atom. The highest BCUT2D eigenvalue weighted by atomic mass is 16.5. The van der Waals surface area contributed by atoms with E-state index in [0.717, 1.165) is 18.8 Å². The predicted octanol–water partition coefficient (Wildman–Crippen LogP) is 4.01. The highest BCUT2D eigenvalue weighted by molar-refractivity contribution is 5.81. The Bertz CT molecular complexity index is 698. The van der Waals surface area contributed by atoms with Crippen molar-refractivity contribution in [3.8, 4) is 16.9 Å². The molecule has 23 heavy (non-hydrogen) atoms. The van der Waals surface area contributed by atoms with Gasteiger partial charge in [-0.1, -0.05) is 30.3 Å². The molecule has 3 heteroatoms. The average molecular weight is 308 g/mol. The highest BCUT2D eigenvalue weighted by Crippen LogP contribution is 2.46. The van der Waals surface area contributed by atoms with Crippen LogP contribution in [0, 0.1) is 0 Å². The maximum atomic E-state index is 5.88. The maximum absolute atomic E-state index is 5.88. The van der Waals surface area contributed by atoms with Gasteiger partial charge in [-0.15, -0.1) is 0 Å². The molecule has 2 aliphatic rings. The van der Waals surface area contributed by atoms with E-state index in [4.69, 9.17) is 4.74 Å². The molecule has 0 saturated carbocycles. The number of benzene rings is 2. The van der Waals surface area contributed by atoms with Gasteiger partial charge in [-0.2, -0.15) is 0 Å². The van der Waals surface area contributed by atoms with E-state index in [1.807, 2.05) is 13.0 Å². The van der Waals surface area contributed by atoms with Crippen LogP contribution in [0.4, 0.5) is 5.69 Å². The number of anilines is 1. The molecule has 1 fully saturated rings. The summed E-state index contributed by atoms with van der Waals surface area (Å²) in [5.74, 6) is 1.57. The number of ether oxygens (including phenoxy) is 1. The Hall–Kier alpha value is -2.00. The Balaban J connectivity index is 1.82. The van der Waals surface area contributed by atoms with Crippen molar-refractivity contribution in [2.75, 3.05) is 25.0 Å². The van der Waals surface area contributed by atoms with Crippen molar-refractivity contribution in [2.24, 2.45) is 0 Å². The molecule has 2 N–H and O–H groups in total. The van der Waals surface area contributed by atoms with Gasteiger partial charge >= 0.3 is 0 Å². The maximum Gasteiger partial charge on any atom is 0.127 e. The number of rotatable bonds is 3. The third kappa shape index (κ3) is 2.59. The molecular weight excluding hydrogens is 284 g/mol. The van der Waals surface area contributed by atoms with E-state index < -0.39 is 0 Å². The standard InChI is InChI=1S/C20H24N2O/c1-2-23-19-9-4-3-6-14(19)15-7-5-8-18-20(15)16-10-12-21-13-11-17(16)22-18/h3-9,16-17,21-22H,2,10-13H2,1H3. The van der Waals surface area contributed by atoms with Crippen LogP contribution in [0.25, 0.3) is 11.1 Å². The van der Waals surface area contributed by atoms with Crippen molar-refractivity contribution in [2.45, 2.75) is 31.7 Å². The first-order valence-electron chi connectivity index (χ1n) is 8.71. The molecule has 2 aliphatic heterocycles. The van der Waals surface area contributed by atoms with Gasteiger partial charge in [0.15, 0.2) is 0 Å². The highest BCUT2D eigenvalue weighted by Gasteiger charge is 2.35. The van der Waals surface area contributed by atoms with Crippen LogP contribution < -0.4 is 15.4 Å². The second-order valence-corrected chi connectivity index (χ2v) is 6.38. The lowest BCUT2D eigenvalue weighted by molar-refractivity contribution is 0.341. The number of nitrogens with one attached hydrogen (secondary N) is 2. The fourth-order valence-electron chi connectivity index (χ4n) is 4.06. The zero-order valence-electron chi connectivity index (χ0n) is 13.6. The zero-order chi connectivity index (χ0) is 15.6. The summed E-state index contributed by atoms with van der Waals surface area (Å²) in [6.07, 6.45) is 2.38. The van der Waals surface area contributed by atoms with Gasteiger partial charge in [0, 0.05) is 23.2 Å². The van der Waals surface area contributed by atoms with Gasteiger partial charge in [0.1, 0.15) is 5.75 Å². The first-order valence-corrected chi connectivity index (χ1v) is 8.71. The summed E-state index contributed by atoms with van der Waals surface area (Å²) in [6, 6.07) is 15.6. The van der Waals surface area contributed by atoms with Crippen LogP contribution in [0.3, 0.4) is 0 Å². The fourth-order valence-corrected chi connectivity index (χ4v) is 4.06. The van der Waals surface area contributed by atoms with Crippen molar-refractivity contribution in [3.63, 3.8) is 0 Å². The third-order valence-corrected chi connectivity index (χ3v) is 5.04. The van der Waals surface area contributed by atoms with Gasteiger partial charge in [0.25, 0.3) is 0 Å². The average Bonchev–Trinajstić information content (AvgIpc) is 2.78. The SMILES string of the molecule is CCOc1ccccc1-c1cccc2c1C1CCNCCC1N2. The van der Waals surface area contributed by atoms with Gasteiger partial charge in [0.2, 0.25) is 0 Å². The molecule has 0 spiro atoms. The minimum atomic E-state index is 0.556. The molecule has 0 aliphatic carbocycles. The molecule has 120 valence electrons. The molecule has 0 amide bonds. The molecule has 0 radical (unpaired) electrons. The topological polar surface area (TPSA) is 33.3 Å². The van der Waals surface area contributed by atoms with Crippen LogP contribution >= 0.6 is 0 Å². The molecular formula is C20H24N2O. The minimum absolute atomic E-state index is 0.556. The van der Waals surface area contributed by atoms with E-state index in [1.165, 1.54) is 35.2 Å². The quantitative estimate of drug-likeness (QED) is 0.898. The third-order valence-electron chi connectivity index (χ3n) is 5.04. The molecule has 0 aromatic heterocycles. The van der Waals surface area contributed by atoms with Gasteiger partial charge < -0.3 is 15.4 Å². The molecule has 2 unspecified atom stereocenters. The summed E-state index contributed by atoms with van der Waals surface area (Å²) in [5, 5.41) is 7.29. The summed E-state index contributed by atoms with van der Waals surface area (Å²) >= 11 is 0. The first-order chi connectivity index (χ1) is 11.4. The van der Waals surface area contributed by atoms with Crippen LogP contribution in [0.2, 0.25) is 0 Å². The normalized spacial score (nSPS) is 22.7. The van der Waals surface area contributed by atoms with E-state index in [0.29, 0.717) is 18.6 Å². The first kappa shape index (κ1) is 14.6. The van der Waals surface area contributed by atoms with Crippen LogP contribution in [0.15, 0.2) is 42.5 Å². The van der Waals surface area contributed by atoms with Gasteiger partial charge in [-0.05, 0) is 56.1 Å². The number of hydrogen-bond donors (Lipinski definition) is 2. The minimum Gasteiger partial charge on any atom is -0.493 e. The second-order valence-electron chi connectivity index (χ2n) is 6.38. The molecule has 2 atom stereocenters. The van der Waals surface area contributed by atoms with E-state index in [1.54, 1.807) is 0 Å². The number of para-hydroxylation sites is 1. The Labute approximate surface area is 138 Å². The lowest BCUT2D eigenvalue weighted by Crippen LogP contribution is -2.21. The molecule has 1 saturated heterocycles. The predicted molar refractivity (Wildman–Crippen MR) is 95.3 cm³/mol. The molecule has 2 aromatic carbocycles. The Kier molecular flexibility index (Phi) is 3.96. The van der Waals surface area contributed by atoms with Crippen molar-refractivity contribution in [1.82, 2.24) is 5.32 Å². The summed E-state index contributed by atoms with van der Waals surface area (Å²) in [7, 11) is 0. The molecule has 0 bridgehead atoms. The molecule has 2 heterocycles. The molecule has 2 aromatic rings. The van der Waals surface area contributed by atoms with Crippen molar-refractivity contribution in [3.05, 3.63) is 48.0 Å². The Morgan fingerprint density at radius 2 is 1.83 bits per heavy atom. The van der Waals surface area contributed by atoms with Crippen LogP contribution in [0.5, 0.6) is 5.75 Å². The fraction of sp³-hybridized carbons (Fsp3) is 0.400.